The van der Waals surface area contributed by atoms with Gasteiger partial charge in [-0.1, -0.05) is 51.0 Å². The number of anilines is 2. The van der Waals surface area contributed by atoms with Crippen molar-refractivity contribution in [3.8, 4) is 0 Å². The van der Waals surface area contributed by atoms with Crippen LogP contribution in [0.1, 0.15) is 79.8 Å². The minimum Gasteiger partial charge on any atom is -0.370 e. The number of carbonyl (C=O) groups is 2. The first-order chi connectivity index (χ1) is 16.0. The largest absolute Gasteiger partial charge is 0.370 e. The van der Waals surface area contributed by atoms with Crippen molar-refractivity contribution < 1.29 is 9.59 Å². The van der Waals surface area contributed by atoms with Gasteiger partial charge in [0.15, 0.2) is 0 Å². The lowest BCUT2D eigenvalue weighted by atomic mass is 10.0. The smallest absolute Gasteiger partial charge is 0.319 e. The highest BCUT2D eigenvalue weighted by molar-refractivity contribution is 5.99. The molecule has 0 unspecified atom stereocenters. The Kier molecular flexibility index (Phi) is 7.53. The molecule has 1 saturated heterocycles. The summed E-state index contributed by atoms with van der Waals surface area (Å²) in [6.45, 7) is 6.74. The summed E-state index contributed by atoms with van der Waals surface area (Å²) in [6.07, 6.45) is 6.69. The highest BCUT2D eigenvalue weighted by Gasteiger charge is 2.21. The van der Waals surface area contributed by atoms with Crippen molar-refractivity contribution in [2.45, 2.75) is 70.9 Å². The number of nitrogens with one attached hydrogen (secondary N) is 3. The number of urea groups is 1. The van der Waals surface area contributed by atoms with E-state index in [1.54, 1.807) is 6.07 Å². The lowest BCUT2D eigenvalue weighted by molar-refractivity contribution is 0.0951. The molecule has 3 amide bonds. The van der Waals surface area contributed by atoms with Crippen LogP contribution in [-0.4, -0.2) is 31.1 Å². The SMILES string of the molecule is CC(C)c1ccc(CNC(=O)c2ccc(N3CCCC3)c(NC(=O)NC3CCCC3)c2)cc1. The number of hydrogen-bond donors (Lipinski definition) is 3. The lowest BCUT2D eigenvalue weighted by Gasteiger charge is -2.23. The van der Waals surface area contributed by atoms with Crippen LogP contribution in [-0.2, 0) is 6.54 Å². The van der Waals surface area contributed by atoms with Gasteiger partial charge in [-0.15, -0.1) is 0 Å². The van der Waals surface area contributed by atoms with Gasteiger partial charge in [0.25, 0.3) is 5.91 Å². The second kappa shape index (κ2) is 10.7. The van der Waals surface area contributed by atoms with Crippen molar-refractivity contribution in [1.29, 1.82) is 0 Å². The molecule has 0 radical (unpaired) electrons. The summed E-state index contributed by atoms with van der Waals surface area (Å²) in [5.41, 5.74) is 4.58. The maximum Gasteiger partial charge on any atom is 0.319 e. The summed E-state index contributed by atoms with van der Waals surface area (Å²) in [7, 11) is 0. The summed E-state index contributed by atoms with van der Waals surface area (Å²) in [5, 5.41) is 9.12. The molecular weight excluding hydrogens is 412 g/mol. The third kappa shape index (κ3) is 6.06. The fourth-order valence-electron chi connectivity index (χ4n) is 4.73. The minimum atomic E-state index is -0.190. The summed E-state index contributed by atoms with van der Waals surface area (Å²) in [6, 6.07) is 14.0. The molecule has 0 aromatic heterocycles. The molecule has 6 heteroatoms. The van der Waals surface area contributed by atoms with Crippen molar-refractivity contribution in [2.24, 2.45) is 0 Å². The third-order valence-electron chi connectivity index (χ3n) is 6.74. The second-order valence-corrected chi connectivity index (χ2v) is 9.58. The van der Waals surface area contributed by atoms with Crippen LogP contribution in [0, 0.1) is 0 Å². The Morgan fingerprint density at radius 1 is 0.970 bits per heavy atom. The number of amides is 3. The number of benzene rings is 2. The standard InChI is InChI=1S/C27H36N4O2/c1-19(2)21-11-9-20(10-12-21)18-28-26(32)22-13-14-25(31-15-5-6-16-31)24(17-22)30-27(33)29-23-7-3-4-8-23/h9-14,17,19,23H,3-8,15-16,18H2,1-2H3,(H,28,32)(H2,29,30,33). The number of carbonyl (C=O) groups excluding carboxylic acids is 2. The molecule has 0 bridgehead atoms. The van der Waals surface area contributed by atoms with E-state index in [1.807, 2.05) is 12.1 Å². The molecule has 2 fully saturated rings. The molecule has 2 aliphatic rings. The normalized spacial score (nSPS) is 16.3. The van der Waals surface area contributed by atoms with Crippen LogP contribution in [0.4, 0.5) is 16.2 Å². The summed E-state index contributed by atoms with van der Waals surface area (Å²) < 4.78 is 0. The van der Waals surface area contributed by atoms with E-state index in [9.17, 15) is 9.59 Å². The van der Waals surface area contributed by atoms with Gasteiger partial charge in [-0.05, 0) is 60.9 Å². The summed E-state index contributed by atoms with van der Waals surface area (Å²) >= 11 is 0. The maximum absolute atomic E-state index is 12.9. The molecular formula is C27H36N4O2. The molecule has 33 heavy (non-hydrogen) atoms. The first kappa shape index (κ1) is 23.1. The highest BCUT2D eigenvalue weighted by Crippen LogP contribution is 2.30. The Bertz CT molecular complexity index is 959. The van der Waals surface area contributed by atoms with Crippen LogP contribution < -0.4 is 20.9 Å². The van der Waals surface area contributed by atoms with E-state index >= 15 is 0 Å². The van der Waals surface area contributed by atoms with Crippen molar-refractivity contribution in [3.63, 3.8) is 0 Å². The van der Waals surface area contributed by atoms with E-state index < -0.39 is 0 Å². The monoisotopic (exact) mass is 448 g/mol. The molecule has 1 aliphatic carbocycles. The third-order valence-corrected chi connectivity index (χ3v) is 6.74. The molecule has 1 heterocycles. The van der Waals surface area contributed by atoms with Crippen molar-refractivity contribution in [3.05, 3.63) is 59.2 Å². The Morgan fingerprint density at radius 2 is 1.67 bits per heavy atom. The second-order valence-electron chi connectivity index (χ2n) is 9.58. The van der Waals surface area contributed by atoms with Crippen LogP contribution in [0.5, 0.6) is 0 Å². The van der Waals surface area contributed by atoms with E-state index in [1.165, 1.54) is 18.4 Å². The van der Waals surface area contributed by atoms with Gasteiger partial charge in [0, 0.05) is 31.2 Å². The summed E-state index contributed by atoms with van der Waals surface area (Å²) in [4.78, 5) is 27.8. The van der Waals surface area contributed by atoms with E-state index in [0.29, 0.717) is 23.7 Å². The molecule has 6 nitrogen and oxygen atoms in total. The minimum absolute atomic E-state index is 0.143. The first-order valence-corrected chi connectivity index (χ1v) is 12.3. The molecule has 1 saturated carbocycles. The van der Waals surface area contributed by atoms with Crippen molar-refractivity contribution in [1.82, 2.24) is 10.6 Å². The molecule has 0 atom stereocenters. The van der Waals surface area contributed by atoms with Gasteiger partial charge in [-0.2, -0.15) is 0 Å². The van der Waals surface area contributed by atoms with Gasteiger partial charge in [-0.25, -0.2) is 4.79 Å². The maximum atomic E-state index is 12.9. The van der Waals surface area contributed by atoms with Gasteiger partial charge in [0.1, 0.15) is 0 Å². The van der Waals surface area contributed by atoms with E-state index in [2.05, 4.69) is 59.0 Å². The zero-order valence-corrected chi connectivity index (χ0v) is 19.8. The van der Waals surface area contributed by atoms with Gasteiger partial charge < -0.3 is 20.9 Å². The highest BCUT2D eigenvalue weighted by atomic mass is 16.2. The molecule has 176 valence electrons. The van der Waals surface area contributed by atoms with E-state index in [-0.39, 0.29) is 18.0 Å². The van der Waals surface area contributed by atoms with Gasteiger partial charge >= 0.3 is 6.03 Å². The number of nitrogens with zero attached hydrogens (tertiary/aromatic N) is 1. The summed E-state index contributed by atoms with van der Waals surface area (Å²) in [5.74, 6) is 0.342. The first-order valence-electron chi connectivity index (χ1n) is 12.3. The topological polar surface area (TPSA) is 73.5 Å². The average molecular weight is 449 g/mol. The zero-order valence-electron chi connectivity index (χ0n) is 19.8. The van der Waals surface area contributed by atoms with E-state index in [0.717, 1.165) is 50.0 Å². The molecule has 3 N–H and O–H groups in total. The molecule has 0 spiro atoms. The van der Waals surface area contributed by atoms with Crippen LogP contribution >= 0.6 is 0 Å². The Balaban J connectivity index is 1.44. The predicted molar refractivity (Wildman–Crippen MR) is 134 cm³/mol. The molecule has 1 aliphatic heterocycles. The van der Waals surface area contributed by atoms with Crippen LogP contribution in [0.15, 0.2) is 42.5 Å². The van der Waals surface area contributed by atoms with Gasteiger partial charge in [0.2, 0.25) is 0 Å². The average Bonchev–Trinajstić information content (AvgIpc) is 3.52. The van der Waals surface area contributed by atoms with Crippen LogP contribution in [0.25, 0.3) is 0 Å². The molecule has 2 aromatic rings. The molecule has 2 aromatic carbocycles. The van der Waals surface area contributed by atoms with Crippen molar-refractivity contribution in [2.75, 3.05) is 23.3 Å². The number of hydrogen-bond acceptors (Lipinski definition) is 3. The Labute approximate surface area is 197 Å². The van der Waals surface area contributed by atoms with Gasteiger partial charge in [-0.3, -0.25) is 4.79 Å². The fraction of sp³-hybridized carbons (Fsp3) is 0.481. The predicted octanol–water partition coefficient (Wildman–Crippen LogP) is 5.40. The lowest BCUT2D eigenvalue weighted by Crippen LogP contribution is -2.36. The zero-order chi connectivity index (χ0) is 23.2. The molecule has 4 rings (SSSR count). The van der Waals surface area contributed by atoms with E-state index in [4.69, 9.17) is 0 Å². The number of rotatable bonds is 7. The van der Waals surface area contributed by atoms with Crippen LogP contribution in [0.3, 0.4) is 0 Å². The van der Waals surface area contributed by atoms with Gasteiger partial charge in [0.05, 0.1) is 11.4 Å². The van der Waals surface area contributed by atoms with Crippen molar-refractivity contribution >= 4 is 23.3 Å². The van der Waals surface area contributed by atoms with Crippen LogP contribution in [0.2, 0.25) is 0 Å². The quantitative estimate of drug-likeness (QED) is 0.531. The Morgan fingerprint density at radius 3 is 2.33 bits per heavy atom. The fourth-order valence-corrected chi connectivity index (χ4v) is 4.73. The Hall–Kier alpha value is -3.02.